The lowest BCUT2D eigenvalue weighted by molar-refractivity contribution is -0.117. The third-order valence-corrected chi connectivity index (χ3v) is 2.96. The van der Waals surface area contributed by atoms with Crippen molar-refractivity contribution in [2.75, 3.05) is 6.61 Å². The van der Waals surface area contributed by atoms with E-state index in [1.165, 1.54) is 16.7 Å². The maximum absolute atomic E-state index is 10.8. The van der Waals surface area contributed by atoms with Gasteiger partial charge in [0.05, 0.1) is 6.61 Å². The van der Waals surface area contributed by atoms with E-state index in [1.807, 2.05) is 24.3 Å². The molecule has 2 aromatic rings. The fourth-order valence-corrected chi connectivity index (χ4v) is 1.80. The summed E-state index contributed by atoms with van der Waals surface area (Å²) in [6, 6.07) is 16.4. The predicted molar refractivity (Wildman–Crippen MR) is 77.4 cm³/mol. The Hall–Kier alpha value is -2.09. The van der Waals surface area contributed by atoms with Gasteiger partial charge >= 0.3 is 0 Å². The van der Waals surface area contributed by atoms with E-state index in [2.05, 4.69) is 31.2 Å². The molecule has 0 aliphatic carbocycles. The summed E-state index contributed by atoms with van der Waals surface area (Å²) in [5.41, 5.74) is 3.62. The normalized spacial score (nSPS) is 10.2. The van der Waals surface area contributed by atoms with E-state index in [0.29, 0.717) is 13.0 Å². The highest BCUT2D eigenvalue weighted by Gasteiger charge is 1.99. The Balaban J connectivity index is 2.02. The van der Waals surface area contributed by atoms with Crippen molar-refractivity contribution in [3.8, 4) is 16.9 Å². The van der Waals surface area contributed by atoms with E-state index in [4.69, 9.17) is 4.74 Å². The summed E-state index contributed by atoms with van der Waals surface area (Å²) in [7, 11) is 0. The van der Waals surface area contributed by atoms with Crippen LogP contribution in [-0.4, -0.2) is 12.4 Å². The third kappa shape index (κ3) is 3.95. The van der Waals surface area contributed by atoms with Crippen LogP contribution in [0.4, 0.5) is 0 Å². The molecule has 0 radical (unpaired) electrons. The molecule has 0 fully saturated rings. The summed E-state index contributed by atoms with van der Waals surface area (Å²) >= 11 is 0. The van der Waals surface area contributed by atoms with Crippen LogP contribution < -0.4 is 4.74 Å². The summed E-state index contributed by atoms with van der Waals surface area (Å²) in [6.07, 6.45) is 0.458. The van der Waals surface area contributed by atoms with Gasteiger partial charge in [0.1, 0.15) is 11.5 Å². The van der Waals surface area contributed by atoms with Gasteiger partial charge in [0.25, 0.3) is 0 Å². The molecule has 2 rings (SSSR count). The van der Waals surface area contributed by atoms with Crippen LogP contribution in [0.1, 0.15) is 18.9 Å². The van der Waals surface area contributed by atoms with Gasteiger partial charge in [-0.15, -0.1) is 0 Å². The molecular formula is C17H18O2. The Labute approximate surface area is 114 Å². The molecule has 0 atom stereocenters. The molecule has 0 aliphatic rings. The minimum absolute atomic E-state index is 0.149. The summed E-state index contributed by atoms with van der Waals surface area (Å²) < 4.78 is 5.51. The van der Waals surface area contributed by atoms with Crippen LogP contribution in [-0.2, 0) is 4.79 Å². The maximum Gasteiger partial charge on any atom is 0.133 e. The lowest BCUT2D eigenvalue weighted by atomic mass is 10.0. The minimum Gasteiger partial charge on any atom is -0.493 e. The number of carbonyl (C=O) groups excluding carboxylic acids is 1. The summed E-state index contributed by atoms with van der Waals surface area (Å²) in [5, 5.41) is 0. The molecule has 2 aromatic carbocycles. The molecule has 0 saturated carbocycles. The predicted octanol–water partition coefficient (Wildman–Crippen LogP) is 4.02. The minimum atomic E-state index is 0.149. The van der Waals surface area contributed by atoms with E-state index in [0.717, 1.165) is 5.75 Å². The number of ketones is 1. The second-order valence-corrected chi connectivity index (χ2v) is 4.69. The number of hydrogen-bond donors (Lipinski definition) is 0. The lowest BCUT2D eigenvalue weighted by Gasteiger charge is -2.06. The average molecular weight is 254 g/mol. The van der Waals surface area contributed by atoms with Gasteiger partial charge in [0.15, 0.2) is 0 Å². The molecule has 0 amide bonds. The van der Waals surface area contributed by atoms with Gasteiger partial charge in [0.2, 0.25) is 0 Å². The number of benzene rings is 2. The SMILES string of the molecule is CC(=O)CCOc1ccc(-c2ccc(C)cc2)cc1. The van der Waals surface area contributed by atoms with Crippen LogP contribution in [0.5, 0.6) is 5.75 Å². The first-order chi connectivity index (χ1) is 9.15. The van der Waals surface area contributed by atoms with Crippen LogP contribution >= 0.6 is 0 Å². The monoisotopic (exact) mass is 254 g/mol. The third-order valence-electron chi connectivity index (χ3n) is 2.96. The van der Waals surface area contributed by atoms with Crippen LogP contribution in [0.3, 0.4) is 0 Å². The van der Waals surface area contributed by atoms with E-state index in [1.54, 1.807) is 6.92 Å². The first kappa shape index (κ1) is 13.3. The molecule has 0 aromatic heterocycles. The van der Waals surface area contributed by atoms with Crippen molar-refractivity contribution in [1.29, 1.82) is 0 Å². The molecule has 0 saturated heterocycles. The largest absolute Gasteiger partial charge is 0.493 e. The number of carbonyl (C=O) groups is 1. The molecule has 0 N–H and O–H groups in total. The standard InChI is InChI=1S/C17H18O2/c1-13-3-5-15(6-4-13)16-7-9-17(10-8-16)19-12-11-14(2)18/h3-10H,11-12H2,1-2H3. The Bertz CT molecular complexity index is 538. The molecule has 0 aliphatic heterocycles. The number of ether oxygens (including phenoxy) is 1. The maximum atomic E-state index is 10.8. The second-order valence-electron chi connectivity index (χ2n) is 4.69. The molecule has 2 heteroatoms. The zero-order chi connectivity index (χ0) is 13.7. The number of hydrogen-bond acceptors (Lipinski definition) is 2. The van der Waals surface area contributed by atoms with Gasteiger partial charge in [-0.1, -0.05) is 42.0 Å². The summed E-state index contributed by atoms with van der Waals surface area (Å²) in [6.45, 7) is 4.10. The molecular weight excluding hydrogens is 236 g/mol. The quantitative estimate of drug-likeness (QED) is 0.805. The van der Waals surface area contributed by atoms with E-state index in [9.17, 15) is 4.79 Å². The summed E-state index contributed by atoms with van der Waals surface area (Å²) in [5.74, 6) is 0.952. The van der Waals surface area contributed by atoms with E-state index in [-0.39, 0.29) is 5.78 Å². The van der Waals surface area contributed by atoms with Crippen molar-refractivity contribution < 1.29 is 9.53 Å². The van der Waals surface area contributed by atoms with E-state index >= 15 is 0 Å². The molecule has 2 nitrogen and oxygen atoms in total. The van der Waals surface area contributed by atoms with Crippen molar-refractivity contribution in [1.82, 2.24) is 0 Å². The Morgan fingerprint density at radius 2 is 1.47 bits per heavy atom. The van der Waals surface area contributed by atoms with Gasteiger partial charge in [-0.05, 0) is 37.1 Å². The highest BCUT2D eigenvalue weighted by Crippen LogP contribution is 2.22. The van der Waals surface area contributed by atoms with Gasteiger partial charge in [-0.25, -0.2) is 0 Å². The van der Waals surface area contributed by atoms with Gasteiger partial charge in [-0.2, -0.15) is 0 Å². The number of Topliss-reactive ketones (excluding diaryl/α,β-unsaturated/α-hetero) is 1. The topological polar surface area (TPSA) is 26.3 Å². The zero-order valence-corrected chi connectivity index (χ0v) is 11.3. The zero-order valence-electron chi connectivity index (χ0n) is 11.3. The van der Waals surface area contributed by atoms with Gasteiger partial charge in [0, 0.05) is 6.42 Å². The fraction of sp³-hybridized carbons (Fsp3) is 0.235. The van der Waals surface area contributed by atoms with Crippen molar-refractivity contribution >= 4 is 5.78 Å². The van der Waals surface area contributed by atoms with Crippen LogP contribution in [0, 0.1) is 6.92 Å². The highest BCUT2D eigenvalue weighted by molar-refractivity contribution is 5.75. The van der Waals surface area contributed by atoms with Crippen LogP contribution in [0.15, 0.2) is 48.5 Å². The Morgan fingerprint density at radius 1 is 0.947 bits per heavy atom. The van der Waals surface area contributed by atoms with Crippen LogP contribution in [0.2, 0.25) is 0 Å². The number of aryl methyl sites for hydroxylation is 1. The van der Waals surface area contributed by atoms with Gasteiger partial charge < -0.3 is 4.74 Å². The lowest BCUT2D eigenvalue weighted by Crippen LogP contribution is -2.02. The van der Waals surface area contributed by atoms with Crippen molar-refractivity contribution in [2.45, 2.75) is 20.3 Å². The highest BCUT2D eigenvalue weighted by atomic mass is 16.5. The average Bonchev–Trinajstić information content (AvgIpc) is 2.40. The first-order valence-corrected chi connectivity index (χ1v) is 6.44. The first-order valence-electron chi connectivity index (χ1n) is 6.44. The fourth-order valence-electron chi connectivity index (χ4n) is 1.80. The smallest absolute Gasteiger partial charge is 0.133 e. The number of rotatable bonds is 5. The Kier molecular flexibility index (Phi) is 4.35. The van der Waals surface area contributed by atoms with Crippen molar-refractivity contribution in [3.63, 3.8) is 0 Å². The molecule has 19 heavy (non-hydrogen) atoms. The second kappa shape index (κ2) is 6.19. The van der Waals surface area contributed by atoms with Crippen molar-refractivity contribution in [3.05, 3.63) is 54.1 Å². The molecule has 98 valence electrons. The summed E-state index contributed by atoms with van der Waals surface area (Å²) in [4.78, 5) is 10.8. The molecule has 0 heterocycles. The molecule has 0 spiro atoms. The molecule has 0 unspecified atom stereocenters. The van der Waals surface area contributed by atoms with E-state index < -0.39 is 0 Å². The van der Waals surface area contributed by atoms with Crippen molar-refractivity contribution in [2.24, 2.45) is 0 Å². The Morgan fingerprint density at radius 3 is 2.00 bits per heavy atom. The van der Waals surface area contributed by atoms with Gasteiger partial charge in [-0.3, -0.25) is 4.79 Å². The van der Waals surface area contributed by atoms with Crippen LogP contribution in [0.25, 0.3) is 11.1 Å². The molecule has 0 bridgehead atoms.